The van der Waals surface area contributed by atoms with Crippen LogP contribution in [-0.2, 0) is 9.05 Å². The predicted molar refractivity (Wildman–Crippen MR) is 123 cm³/mol. The molecule has 148 valence electrons. The van der Waals surface area contributed by atoms with Crippen molar-refractivity contribution in [1.29, 1.82) is 0 Å². The van der Waals surface area contributed by atoms with E-state index in [4.69, 9.17) is 4.98 Å². The number of hydrogen-bond donors (Lipinski definition) is 0. The molecule has 0 bridgehead atoms. The van der Waals surface area contributed by atoms with Gasteiger partial charge >= 0.3 is 0 Å². The number of nitrogens with zero attached hydrogens (tertiary/aromatic N) is 2. The Morgan fingerprint density at radius 2 is 1.33 bits per heavy atom. The van der Waals surface area contributed by atoms with Gasteiger partial charge in [0.05, 0.1) is 17.3 Å². The van der Waals surface area contributed by atoms with Crippen molar-refractivity contribution < 1.29 is 8.42 Å². The van der Waals surface area contributed by atoms with E-state index < -0.39 is 9.05 Å². The van der Waals surface area contributed by atoms with E-state index in [9.17, 15) is 13.2 Å². The molecule has 30 heavy (non-hydrogen) atoms. The summed E-state index contributed by atoms with van der Waals surface area (Å²) in [6.45, 7) is 0. The third-order valence-electron chi connectivity index (χ3n) is 5.12. The Bertz CT molecular complexity index is 1740. The van der Waals surface area contributed by atoms with Crippen molar-refractivity contribution >= 4 is 68.7 Å². The standard InChI is InChI=1S/C22H12N2O.CH3ClO2S/c25-22-16-10-2-6-13-5-1-9-15(19(13)16)21-23-17-11-3-7-14-8-4-12-18(20(14)17)24(21)22;1-5(2,3)4/h1-12H;1H3. The molecular weight excluding hydrogens is 420 g/mol. The lowest BCUT2D eigenvalue weighted by molar-refractivity contribution is 0.615. The van der Waals surface area contributed by atoms with Gasteiger partial charge in [0.1, 0.15) is 5.65 Å². The van der Waals surface area contributed by atoms with Gasteiger partial charge in [-0.3, -0.25) is 9.20 Å². The Morgan fingerprint density at radius 3 is 2.00 bits per heavy atom. The van der Waals surface area contributed by atoms with E-state index >= 15 is 0 Å². The van der Waals surface area contributed by atoms with Gasteiger partial charge in [-0.05, 0) is 29.0 Å². The molecule has 0 amide bonds. The first-order valence-corrected chi connectivity index (χ1v) is 11.9. The fourth-order valence-electron chi connectivity index (χ4n) is 4.07. The second-order valence-electron chi connectivity index (χ2n) is 7.12. The molecule has 0 spiro atoms. The Labute approximate surface area is 175 Å². The lowest BCUT2D eigenvalue weighted by Gasteiger charge is -2.13. The summed E-state index contributed by atoms with van der Waals surface area (Å²) in [5, 5.41) is 5.96. The van der Waals surface area contributed by atoms with Crippen LogP contribution in [-0.4, -0.2) is 24.1 Å². The highest BCUT2D eigenvalue weighted by atomic mass is 35.7. The fourth-order valence-corrected chi connectivity index (χ4v) is 4.07. The van der Waals surface area contributed by atoms with E-state index in [1.807, 2.05) is 54.6 Å². The molecule has 0 N–H and O–H groups in total. The van der Waals surface area contributed by atoms with Gasteiger partial charge in [0, 0.05) is 32.2 Å². The van der Waals surface area contributed by atoms with Crippen LogP contribution < -0.4 is 5.56 Å². The van der Waals surface area contributed by atoms with Crippen LogP contribution in [0, 0.1) is 0 Å². The maximum Gasteiger partial charge on any atom is 0.264 e. The molecule has 0 unspecified atom stereocenters. The van der Waals surface area contributed by atoms with Crippen molar-refractivity contribution in [3.05, 3.63) is 83.2 Å². The first kappa shape index (κ1) is 18.8. The summed E-state index contributed by atoms with van der Waals surface area (Å²) in [5.74, 6) is 0. The third-order valence-corrected chi connectivity index (χ3v) is 5.12. The number of halogens is 1. The lowest BCUT2D eigenvalue weighted by Crippen LogP contribution is -2.16. The highest BCUT2D eigenvalue weighted by Gasteiger charge is 2.15. The highest BCUT2D eigenvalue weighted by molar-refractivity contribution is 8.13. The first-order valence-electron chi connectivity index (χ1n) is 9.19. The summed E-state index contributed by atoms with van der Waals surface area (Å²) >= 11 is 0. The van der Waals surface area contributed by atoms with Crippen LogP contribution >= 0.6 is 10.7 Å². The lowest BCUT2D eigenvalue weighted by atomic mass is 10.0. The SMILES string of the molecule is CS(=O)(=O)Cl.O=c1c2cccc3cccc(c32)c2nc3cccc4cccc(c43)n12. The van der Waals surface area contributed by atoms with E-state index in [-0.39, 0.29) is 5.56 Å². The maximum absolute atomic E-state index is 13.3. The molecular formula is C23H15ClN2O3S. The van der Waals surface area contributed by atoms with Crippen LogP contribution in [0.2, 0.25) is 0 Å². The zero-order chi connectivity index (χ0) is 21.0. The summed E-state index contributed by atoms with van der Waals surface area (Å²) in [5.41, 5.74) is 2.55. The van der Waals surface area contributed by atoms with Gasteiger partial charge < -0.3 is 0 Å². The molecule has 0 saturated carbocycles. The van der Waals surface area contributed by atoms with Gasteiger partial charge in [0.25, 0.3) is 5.56 Å². The maximum atomic E-state index is 13.3. The molecule has 5 nitrogen and oxygen atoms in total. The third kappa shape index (κ3) is 2.96. The van der Waals surface area contributed by atoms with Gasteiger partial charge in [-0.15, -0.1) is 0 Å². The fraction of sp³-hybridized carbons (Fsp3) is 0.0435. The molecule has 2 heterocycles. The van der Waals surface area contributed by atoms with E-state index in [1.54, 1.807) is 4.40 Å². The Kier molecular flexibility index (Phi) is 4.17. The van der Waals surface area contributed by atoms with Crippen molar-refractivity contribution in [2.24, 2.45) is 0 Å². The molecule has 0 saturated heterocycles. The van der Waals surface area contributed by atoms with Crippen molar-refractivity contribution in [3.8, 4) is 0 Å². The molecule has 0 aliphatic carbocycles. The summed E-state index contributed by atoms with van der Waals surface area (Å²) in [6, 6.07) is 24.2. The van der Waals surface area contributed by atoms with Gasteiger partial charge in [0.15, 0.2) is 0 Å². The number of pyridine rings is 1. The van der Waals surface area contributed by atoms with Gasteiger partial charge in [-0.25, -0.2) is 13.4 Å². The average molecular weight is 435 g/mol. The molecule has 6 aromatic rings. The topological polar surface area (TPSA) is 68.5 Å². The molecule has 4 aromatic carbocycles. The van der Waals surface area contributed by atoms with Crippen LogP contribution in [0.3, 0.4) is 0 Å². The van der Waals surface area contributed by atoms with Crippen LogP contribution in [0.15, 0.2) is 77.6 Å². The van der Waals surface area contributed by atoms with Crippen LogP contribution in [0.4, 0.5) is 0 Å². The van der Waals surface area contributed by atoms with Crippen molar-refractivity contribution in [2.45, 2.75) is 0 Å². The number of hydrogen-bond acceptors (Lipinski definition) is 4. The minimum Gasteiger partial charge on any atom is -0.268 e. The summed E-state index contributed by atoms with van der Waals surface area (Å²) in [6.07, 6.45) is 0.925. The smallest absolute Gasteiger partial charge is 0.264 e. The Morgan fingerprint density at radius 1 is 0.800 bits per heavy atom. The quantitative estimate of drug-likeness (QED) is 0.193. The first-order chi connectivity index (χ1) is 14.3. The minimum absolute atomic E-state index is 0.00921. The molecule has 6 rings (SSSR count). The Balaban J connectivity index is 0.000000349. The van der Waals surface area contributed by atoms with Crippen LogP contribution in [0.25, 0.3) is 49.0 Å². The molecule has 0 aliphatic rings. The average Bonchev–Trinajstić information content (AvgIpc) is 2.71. The van der Waals surface area contributed by atoms with Crippen LogP contribution in [0.5, 0.6) is 0 Å². The highest BCUT2D eigenvalue weighted by Crippen LogP contribution is 2.31. The predicted octanol–water partition coefficient (Wildman–Crippen LogP) is 4.93. The summed E-state index contributed by atoms with van der Waals surface area (Å²) in [7, 11) is 1.31. The normalized spacial score (nSPS) is 12.1. The van der Waals surface area contributed by atoms with E-state index in [0.717, 1.165) is 55.3 Å². The van der Waals surface area contributed by atoms with Crippen LogP contribution in [0.1, 0.15) is 0 Å². The van der Waals surface area contributed by atoms with E-state index in [2.05, 4.69) is 28.9 Å². The minimum atomic E-state index is -3.19. The monoisotopic (exact) mass is 434 g/mol. The number of fused-ring (bicyclic) bond motifs is 3. The van der Waals surface area contributed by atoms with Gasteiger partial charge in [-0.2, -0.15) is 0 Å². The number of rotatable bonds is 0. The molecule has 0 aliphatic heterocycles. The van der Waals surface area contributed by atoms with E-state index in [0.29, 0.717) is 0 Å². The second kappa shape index (κ2) is 6.65. The van der Waals surface area contributed by atoms with Crippen molar-refractivity contribution in [1.82, 2.24) is 9.38 Å². The van der Waals surface area contributed by atoms with Gasteiger partial charge in [0.2, 0.25) is 9.05 Å². The zero-order valence-electron chi connectivity index (χ0n) is 15.8. The number of benzene rings is 4. The molecule has 7 heteroatoms. The molecule has 0 atom stereocenters. The number of aromatic nitrogens is 2. The zero-order valence-corrected chi connectivity index (χ0v) is 17.4. The molecule has 0 fully saturated rings. The van der Waals surface area contributed by atoms with Crippen molar-refractivity contribution in [3.63, 3.8) is 0 Å². The largest absolute Gasteiger partial charge is 0.268 e. The second-order valence-corrected chi connectivity index (χ2v) is 10.2. The van der Waals surface area contributed by atoms with Crippen molar-refractivity contribution in [2.75, 3.05) is 6.26 Å². The molecule has 0 radical (unpaired) electrons. The van der Waals surface area contributed by atoms with E-state index in [1.165, 1.54) is 0 Å². The van der Waals surface area contributed by atoms with Gasteiger partial charge in [-0.1, -0.05) is 54.6 Å². The summed E-state index contributed by atoms with van der Waals surface area (Å²) in [4.78, 5) is 18.2. The summed E-state index contributed by atoms with van der Waals surface area (Å²) < 4.78 is 20.6. The molecule has 2 aromatic heterocycles. The Hall–Kier alpha value is -3.22.